The normalized spacial score (nSPS) is 13.9. The maximum Gasteiger partial charge on any atom is 0.257 e. The van der Waals surface area contributed by atoms with E-state index in [-0.39, 0.29) is 17.1 Å². The van der Waals surface area contributed by atoms with Gasteiger partial charge in [0.25, 0.3) is 5.91 Å². The minimum absolute atomic E-state index is 0.0336. The van der Waals surface area contributed by atoms with E-state index in [0.29, 0.717) is 11.3 Å². The van der Waals surface area contributed by atoms with Gasteiger partial charge in [0.2, 0.25) is 0 Å². The maximum atomic E-state index is 12.6. The highest BCUT2D eigenvalue weighted by molar-refractivity contribution is 7.80. The molecule has 0 aromatic heterocycles. The molecule has 0 spiro atoms. The van der Waals surface area contributed by atoms with Gasteiger partial charge in [0.15, 0.2) is 5.11 Å². The first-order valence-electron chi connectivity index (χ1n) is 12.1. The third-order valence-electron chi connectivity index (χ3n) is 5.91. The van der Waals surface area contributed by atoms with Crippen molar-refractivity contribution in [3.05, 3.63) is 88.9 Å². The van der Waals surface area contributed by atoms with Gasteiger partial charge >= 0.3 is 0 Å². The van der Waals surface area contributed by atoms with E-state index >= 15 is 0 Å². The van der Waals surface area contributed by atoms with Gasteiger partial charge in [-0.3, -0.25) is 15.0 Å². The predicted octanol–water partition coefficient (Wildman–Crippen LogP) is 5.58. The van der Waals surface area contributed by atoms with Crippen molar-refractivity contribution in [1.29, 1.82) is 0 Å². The van der Waals surface area contributed by atoms with Gasteiger partial charge < -0.3 is 15.0 Å². The third-order valence-corrected chi connectivity index (χ3v) is 6.48. The van der Waals surface area contributed by atoms with Crippen molar-refractivity contribution in [2.75, 3.05) is 36.4 Å². The Morgan fingerprint density at radius 3 is 2.42 bits per heavy atom. The summed E-state index contributed by atoms with van der Waals surface area (Å²) in [6.07, 6.45) is 0.0336. The number of nitrogens with one attached hydrogen (secondary N) is 2. The summed E-state index contributed by atoms with van der Waals surface area (Å²) in [6.45, 7) is 8.61. The number of carbonyl (C=O) groups excluding carboxylic acids is 1. The SMILES string of the molecule is CC(C)Oc1cccc(C(=O)NC(=S)Nc2ccc(N3CCN(Cc4ccccc4Cl)CC3)cc2)c1. The fourth-order valence-electron chi connectivity index (χ4n) is 4.11. The van der Waals surface area contributed by atoms with E-state index in [1.165, 1.54) is 5.56 Å². The highest BCUT2D eigenvalue weighted by atomic mass is 35.5. The zero-order valence-electron chi connectivity index (χ0n) is 20.5. The van der Waals surface area contributed by atoms with E-state index in [1.54, 1.807) is 18.2 Å². The van der Waals surface area contributed by atoms with E-state index in [4.69, 9.17) is 28.6 Å². The number of anilines is 2. The Bertz CT molecular complexity index is 1190. The van der Waals surface area contributed by atoms with Gasteiger partial charge in [-0.05, 0) is 80.2 Å². The highest BCUT2D eigenvalue weighted by Crippen LogP contribution is 2.22. The van der Waals surface area contributed by atoms with Crippen molar-refractivity contribution >= 4 is 46.2 Å². The molecule has 3 aromatic rings. The van der Waals surface area contributed by atoms with Gasteiger partial charge in [-0.1, -0.05) is 35.9 Å². The first-order valence-corrected chi connectivity index (χ1v) is 12.9. The molecule has 1 heterocycles. The van der Waals surface area contributed by atoms with E-state index < -0.39 is 0 Å². The maximum absolute atomic E-state index is 12.6. The van der Waals surface area contributed by atoms with Crippen LogP contribution in [0.1, 0.15) is 29.8 Å². The van der Waals surface area contributed by atoms with E-state index in [2.05, 4.69) is 38.6 Å². The number of thiocarbonyl (C=S) groups is 1. The number of hydrogen-bond donors (Lipinski definition) is 2. The summed E-state index contributed by atoms with van der Waals surface area (Å²) < 4.78 is 5.66. The topological polar surface area (TPSA) is 56.8 Å². The van der Waals surface area contributed by atoms with Crippen molar-refractivity contribution < 1.29 is 9.53 Å². The monoisotopic (exact) mass is 522 g/mol. The average Bonchev–Trinajstić information content (AvgIpc) is 2.86. The van der Waals surface area contributed by atoms with Crippen LogP contribution in [0.2, 0.25) is 5.02 Å². The molecule has 0 saturated carbocycles. The van der Waals surface area contributed by atoms with E-state index in [1.807, 2.05) is 50.2 Å². The van der Waals surface area contributed by atoms with Crippen LogP contribution in [0.3, 0.4) is 0 Å². The molecule has 1 aliphatic heterocycles. The van der Waals surface area contributed by atoms with E-state index in [0.717, 1.165) is 49.1 Å². The third kappa shape index (κ3) is 7.20. The molecule has 2 N–H and O–H groups in total. The van der Waals surface area contributed by atoms with Crippen LogP contribution in [-0.2, 0) is 6.54 Å². The lowest BCUT2D eigenvalue weighted by molar-refractivity contribution is 0.0977. The smallest absolute Gasteiger partial charge is 0.257 e. The molecule has 1 fully saturated rings. The van der Waals surface area contributed by atoms with Crippen molar-refractivity contribution in [2.45, 2.75) is 26.5 Å². The number of hydrogen-bond acceptors (Lipinski definition) is 5. The molecule has 8 heteroatoms. The number of halogens is 1. The van der Waals surface area contributed by atoms with Crippen LogP contribution in [0.4, 0.5) is 11.4 Å². The zero-order chi connectivity index (χ0) is 25.5. The number of nitrogens with zero attached hydrogens (tertiary/aromatic N) is 2. The molecule has 3 aromatic carbocycles. The zero-order valence-corrected chi connectivity index (χ0v) is 22.1. The van der Waals surface area contributed by atoms with Crippen LogP contribution in [-0.4, -0.2) is 48.2 Å². The van der Waals surface area contributed by atoms with Gasteiger partial charge in [-0.15, -0.1) is 0 Å². The quantitative estimate of drug-likeness (QED) is 0.395. The molecule has 36 heavy (non-hydrogen) atoms. The number of carbonyl (C=O) groups is 1. The molecule has 4 rings (SSSR count). The van der Waals surface area contributed by atoms with Gasteiger partial charge in [0, 0.05) is 54.7 Å². The predicted molar refractivity (Wildman–Crippen MR) is 151 cm³/mol. The lowest BCUT2D eigenvalue weighted by Crippen LogP contribution is -2.46. The summed E-state index contributed by atoms with van der Waals surface area (Å²) in [7, 11) is 0. The molecule has 0 bridgehead atoms. The van der Waals surface area contributed by atoms with Gasteiger partial charge in [-0.25, -0.2) is 0 Å². The average molecular weight is 523 g/mol. The van der Waals surface area contributed by atoms with Crippen molar-refractivity contribution in [3.63, 3.8) is 0 Å². The van der Waals surface area contributed by atoms with Crippen LogP contribution in [0, 0.1) is 0 Å². The molecule has 1 saturated heterocycles. The minimum atomic E-state index is -0.284. The van der Waals surface area contributed by atoms with Crippen molar-refractivity contribution in [3.8, 4) is 5.75 Å². The lowest BCUT2D eigenvalue weighted by atomic mass is 10.2. The number of piperazine rings is 1. The van der Waals surface area contributed by atoms with Gasteiger partial charge in [0.05, 0.1) is 6.10 Å². The summed E-state index contributed by atoms with van der Waals surface area (Å²) >= 11 is 11.7. The molecular formula is C28H31ClN4O2S. The summed E-state index contributed by atoms with van der Waals surface area (Å²) in [5.74, 6) is 0.366. The Morgan fingerprint density at radius 1 is 1.00 bits per heavy atom. The molecule has 188 valence electrons. The molecule has 6 nitrogen and oxygen atoms in total. The highest BCUT2D eigenvalue weighted by Gasteiger charge is 2.18. The Kier molecular flexibility index (Phi) is 8.80. The second-order valence-electron chi connectivity index (χ2n) is 9.00. The Balaban J connectivity index is 1.26. The number of rotatable bonds is 7. The second-order valence-corrected chi connectivity index (χ2v) is 9.82. The number of ether oxygens (including phenoxy) is 1. The molecule has 1 amide bonds. The van der Waals surface area contributed by atoms with Gasteiger partial charge in [-0.2, -0.15) is 0 Å². The summed E-state index contributed by atoms with van der Waals surface area (Å²) in [4.78, 5) is 17.4. The lowest BCUT2D eigenvalue weighted by Gasteiger charge is -2.36. The summed E-state index contributed by atoms with van der Waals surface area (Å²) in [5, 5.41) is 6.89. The molecule has 0 radical (unpaired) electrons. The summed E-state index contributed by atoms with van der Waals surface area (Å²) in [6, 6.07) is 23.2. The molecule has 0 unspecified atom stereocenters. The standard InChI is InChI=1S/C28H31ClN4O2S/c1-20(2)35-25-8-5-7-21(18-25)27(34)31-28(36)30-23-10-12-24(13-11-23)33-16-14-32(15-17-33)19-22-6-3-4-9-26(22)29/h3-13,18,20H,14-17,19H2,1-2H3,(H2,30,31,34,36). The largest absolute Gasteiger partial charge is 0.491 e. The van der Waals surface area contributed by atoms with Crippen LogP contribution >= 0.6 is 23.8 Å². The molecule has 1 aliphatic rings. The van der Waals surface area contributed by atoms with Crippen LogP contribution in [0.25, 0.3) is 0 Å². The molecule has 0 atom stereocenters. The van der Waals surface area contributed by atoms with Crippen LogP contribution < -0.4 is 20.3 Å². The van der Waals surface area contributed by atoms with Gasteiger partial charge in [0.1, 0.15) is 5.75 Å². The first-order chi connectivity index (χ1) is 17.4. The molecular weight excluding hydrogens is 492 g/mol. The fourth-order valence-corrected chi connectivity index (χ4v) is 4.51. The van der Waals surface area contributed by atoms with Crippen molar-refractivity contribution in [1.82, 2.24) is 10.2 Å². The van der Waals surface area contributed by atoms with E-state index in [9.17, 15) is 4.79 Å². The van der Waals surface area contributed by atoms with Crippen molar-refractivity contribution in [2.24, 2.45) is 0 Å². The Hall–Kier alpha value is -3.13. The summed E-state index contributed by atoms with van der Waals surface area (Å²) in [5.41, 5.74) is 3.64. The first kappa shape index (κ1) is 25.9. The molecule has 0 aliphatic carbocycles. The number of benzene rings is 3. The van der Waals surface area contributed by atoms with Crippen LogP contribution in [0.15, 0.2) is 72.8 Å². The minimum Gasteiger partial charge on any atom is -0.491 e. The Labute approximate surface area is 223 Å². The Morgan fingerprint density at radius 2 is 1.72 bits per heavy atom. The second kappa shape index (κ2) is 12.2. The fraction of sp³-hybridized carbons (Fsp3) is 0.286. The van der Waals surface area contributed by atoms with Crippen LogP contribution in [0.5, 0.6) is 5.75 Å². The number of amides is 1.